The molecule has 3 aromatic rings. The Morgan fingerprint density at radius 3 is 2.55 bits per heavy atom. The second-order valence-corrected chi connectivity index (χ2v) is 9.34. The maximum atomic E-state index is 13.8. The molecule has 7 nitrogen and oxygen atoms in total. The highest BCUT2D eigenvalue weighted by Gasteiger charge is 2.52. The third-order valence-electron chi connectivity index (χ3n) is 6.50. The molecule has 1 aliphatic rings. The van der Waals surface area contributed by atoms with Crippen molar-refractivity contribution in [3.63, 3.8) is 0 Å². The molecule has 1 amide bonds. The molecular weight excluding hydrogens is 518 g/mol. The van der Waals surface area contributed by atoms with E-state index < -0.39 is 29.2 Å². The summed E-state index contributed by atoms with van der Waals surface area (Å²) in [7, 11) is 1.56. The Balaban J connectivity index is 1.63. The molecule has 1 aliphatic heterocycles. The van der Waals surface area contributed by atoms with E-state index in [0.717, 1.165) is 6.07 Å². The van der Waals surface area contributed by atoms with E-state index >= 15 is 0 Å². The molecule has 0 bridgehead atoms. The number of methoxy groups -OCH3 is 1. The standard InChI is InChI=1S/C31H32F2N2O5/c1-3-13-31(30(37)34-14-12-21-17-24(32)20-25(33)18-21)28(23-6-4-7-27(19-23)38-2)40-29(35-31)22-8-10-26(11-9-22)39-16-5-15-36/h3-4,6-11,17-20,28,36H,1,5,12-16H2,2H3,(H,34,37)/t28-,31-/m1/s1. The third kappa shape index (κ3) is 6.66. The Hall–Kier alpha value is -4.24. The van der Waals surface area contributed by atoms with Gasteiger partial charge in [-0.3, -0.25) is 4.79 Å². The van der Waals surface area contributed by atoms with Crippen molar-refractivity contribution in [3.8, 4) is 11.5 Å². The predicted molar refractivity (Wildman–Crippen MR) is 148 cm³/mol. The molecule has 3 aromatic carbocycles. The number of benzene rings is 3. The van der Waals surface area contributed by atoms with E-state index in [-0.39, 0.29) is 31.9 Å². The fourth-order valence-corrected chi connectivity index (χ4v) is 4.57. The molecule has 0 spiro atoms. The van der Waals surface area contributed by atoms with Gasteiger partial charge in [0.15, 0.2) is 11.6 Å². The number of aliphatic imine (C=N–C) groups is 1. The van der Waals surface area contributed by atoms with Crippen molar-refractivity contribution in [3.05, 3.63) is 108 Å². The van der Waals surface area contributed by atoms with E-state index in [1.165, 1.54) is 12.1 Å². The number of hydrogen-bond donors (Lipinski definition) is 2. The number of aliphatic hydroxyl groups excluding tert-OH is 1. The largest absolute Gasteiger partial charge is 0.497 e. The van der Waals surface area contributed by atoms with E-state index in [1.54, 1.807) is 49.6 Å². The number of aliphatic hydroxyl groups is 1. The van der Waals surface area contributed by atoms with Gasteiger partial charge >= 0.3 is 0 Å². The van der Waals surface area contributed by atoms with Gasteiger partial charge in [-0.05, 0) is 66.1 Å². The van der Waals surface area contributed by atoms with Crippen LogP contribution in [-0.2, 0) is 16.0 Å². The van der Waals surface area contributed by atoms with Gasteiger partial charge in [0.25, 0.3) is 5.91 Å². The topological polar surface area (TPSA) is 89.4 Å². The molecule has 1 heterocycles. The average molecular weight is 551 g/mol. The summed E-state index contributed by atoms with van der Waals surface area (Å²) in [4.78, 5) is 18.7. The fourth-order valence-electron chi connectivity index (χ4n) is 4.57. The first kappa shape index (κ1) is 28.8. The normalized spacial score (nSPS) is 18.0. The van der Waals surface area contributed by atoms with Crippen molar-refractivity contribution >= 4 is 11.8 Å². The van der Waals surface area contributed by atoms with Crippen LogP contribution in [0.1, 0.15) is 35.6 Å². The van der Waals surface area contributed by atoms with Gasteiger partial charge in [-0.25, -0.2) is 13.8 Å². The molecule has 210 valence electrons. The molecule has 0 unspecified atom stereocenters. The number of nitrogens with zero attached hydrogens (tertiary/aromatic N) is 1. The van der Waals surface area contributed by atoms with Crippen LogP contribution >= 0.6 is 0 Å². The molecule has 4 rings (SSSR count). The quantitative estimate of drug-likeness (QED) is 0.233. The van der Waals surface area contributed by atoms with Crippen LogP contribution in [0.3, 0.4) is 0 Å². The summed E-state index contributed by atoms with van der Waals surface area (Å²) in [5.74, 6) is -0.254. The third-order valence-corrected chi connectivity index (χ3v) is 6.50. The van der Waals surface area contributed by atoms with Gasteiger partial charge in [-0.1, -0.05) is 18.2 Å². The second kappa shape index (κ2) is 13.2. The summed E-state index contributed by atoms with van der Waals surface area (Å²) < 4.78 is 44.6. The summed E-state index contributed by atoms with van der Waals surface area (Å²) in [5.41, 5.74) is 0.364. The Bertz CT molecular complexity index is 1340. The van der Waals surface area contributed by atoms with Gasteiger partial charge in [-0.15, -0.1) is 6.58 Å². The molecule has 0 aromatic heterocycles. The first-order valence-corrected chi connectivity index (χ1v) is 13.0. The second-order valence-electron chi connectivity index (χ2n) is 9.34. The summed E-state index contributed by atoms with van der Waals surface area (Å²) >= 11 is 0. The van der Waals surface area contributed by atoms with Crippen LogP contribution in [0, 0.1) is 11.6 Å². The zero-order valence-electron chi connectivity index (χ0n) is 22.2. The lowest BCUT2D eigenvalue weighted by Gasteiger charge is -2.30. The number of rotatable bonds is 13. The van der Waals surface area contributed by atoms with Crippen molar-refractivity contribution in [2.24, 2.45) is 4.99 Å². The minimum Gasteiger partial charge on any atom is -0.497 e. The van der Waals surface area contributed by atoms with Gasteiger partial charge in [0, 0.05) is 37.6 Å². The van der Waals surface area contributed by atoms with Gasteiger partial charge in [0.2, 0.25) is 5.90 Å². The number of nitrogens with one attached hydrogen (secondary N) is 1. The lowest BCUT2D eigenvalue weighted by Crippen LogP contribution is -2.48. The van der Waals surface area contributed by atoms with E-state index in [1.807, 2.05) is 12.1 Å². The predicted octanol–water partition coefficient (Wildman–Crippen LogP) is 4.93. The van der Waals surface area contributed by atoms with Crippen LogP contribution in [-0.4, -0.2) is 49.3 Å². The molecule has 0 saturated heterocycles. The summed E-state index contributed by atoms with van der Waals surface area (Å²) in [6.07, 6.45) is 1.73. The molecule has 9 heteroatoms. The number of carbonyl (C=O) groups is 1. The summed E-state index contributed by atoms with van der Waals surface area (Å²) in [6.45, 7) is 4.42. The minimum absolute atomic E-state index is 0.0426. The highest BCUT2D eigenvalue weighted by atomic mass is 19.1. The van der Waals surface area contributed by atoms with Crippen LogP contribution in [0.15, 0.2) is 84.4 Å². The Morgan fingerprint density at radius 1 is 1.12 bits per heavy atom. The number of halogens is 2. The van der Waals surface area contributed by atoms with Gasteiger partial charge in [-0.2, -0.15) is 0 Å². The first-order valence-electron chi connectivity index (χ1n) is 13.0. The molecule has 40 heavy (non-hydrogen) atoms. The fraction of sp³-hybridized carbons (Fsp3) is 0.290. The first-order chi connectivity index (χ1) is 19.4. The van der Waals surface area contributed by atoms with Gasteiger partial charge in [0.1, 0.15) is 23.1 Å². The van der Waals surface area contributed by atoms with Crippen molar-refractivity contribution in [2.45, 2.75) is 30.9 Å². The number of hydrogen-bond acceptors (Lipinski definition) is 6. The number of carbonyl (C=O) groups excluding carboxylic acids is 1. The molecular formula is C31H32F2N2O5. The number of amides is 1. The van der Waals surface area contributed by atoms with Gasteiger partial charge < -0.3 is 24.6 Å². The lowest BCUT2D eigenvalue weighted by molar-refractivity contribution is -0.128. The molecule has 0 fully saturated rings. The summed E-state index contributed by atoms with van der Waals surface area (Å²) in [5, 5.41) is 11.9. The molecule has 0 aliphatic carbocycles. The van der Waals surface area contributed by atoms with Crippen LogP contribution in [0.4, 0.5) is 8.78 Å². The van der Waals surface area contributed by atoms with Crippen molar-refractivity contribution in [1.82, 2.24) is 5.32 Å². The van der Waals surface area contributed by atoms with Crippen LogP contribution < -0.4 is 14.8 Å². The van der Waals surface area contributed by atoms with E-state index in [0.29, 0.717) is 41.2 Å². The van der Waals surface area contributed by atoms with E-state index in [2.05, 4.69) is 11.9 Å². The van der Waals surface area contributed by atoms with Crippen LogP contribution in [0.25, 0.3) is 0 Å². The average Bonchev–Trinajstić information content (AvgIpc) is 3.34. The molecule has 2 atom stereocenters. The highest BCUT2D eigenvalue weighted by Crippen LogP contribution is 2.43. The summed E-state index contributed by atoms with van der Waals surface area (Å²) in [6, 6.07) is 17.6. The maximum absolute atomic E-state index is 13.8. The maximum Gasteiger partial charge on any atom is 0.252 e. The zero-order chi connectivity index (χ0) is 28.5. The smallest absolute Gasteiger partial charge is 0.252 e. The molecule has 0 radical (unpaired) electrons. The Morgan fingerprint density at radius 2 is 1.88 bits per heavy atom. The van der Waals surface area contributed by atoms with E-state index in [4.69, 9.17) is 24.3 Å². The molecule has 2 N–H and O–H groups in total. The number of ether oxygens (including phenoxy) is 3. The van der Waals surface area contributed by atoms with E-state index in [9.17, 15) is 13.6 Å². The Labute approximate surface area is 232 Å². The van der Waals surface area contributed by atoms with Crippen LogP contribution in [0.2, 0.25) is 0 Å². The van der Waals surface area contributed by atoms with Crippen molar-refractivity contribution in [1.29, 1.82) is 0 Å². The van der Waals surface area contributed by atoms with Gasteiger partial charge in [0.05, 0.1) is 13.7 Å². The van der Waals surface area contributed by atoms with Crippen molar-refractivity contribution < 1.29 is 32.9 Å². The van der Waals surface area contributed by atoms with Crippen LogP contribution in [0.5, 0.6) is 11.5 Å². The highest BCUT2D eigenvalue weighted by molar-refractivity contribution is 6.01. The zero-order valence-corrected chi connectivity index (χ0v) is 22.2. The Kier molecular flexibility index (Phi) is 9.50. The van der Waals surface area contributed by atoms with Crippen molar-refractivity contribution in [2.75, 3.05) is 26.9 Å². The molecule has 0 saturated carbocycles. The minimum atomic E-state index is -1.40. The SMILES string of the molecule is C=CC[C@@]1(C(=O)NCCc2cc(F)cc(F)c2)N=C(c2ccc(OCCCO)cc2)O[C@@H]1c1cccc(OC)c1. The lowest BCUT2D eigenvalue weighted by atomic mass is 9.84. The monoisotopic (exact) mass is 550 g/mol.